The van der Waals surface area contributed by atoms with Crippen molar-refractivity contribution in [3.05, 3.63) is 27.7 Å². The summed E-state index contributed by atoms with van der Waals surface area (Å²) in [4.78, 5) is 6.70. The van der Waals surface area contributed by atoms with E-state index in [4.69, 9.17) is 17.3 Å². The molecule has 0 atom stereocenters. The van der Waals surface area contributed by atoms with Crippen LogP contribution in [0.15, 0.2) is 27.7 Å². The Morgan fingerprint density at radius 2 is 2.00 bits per heavy atom. The van der Waals surface area contributed by atoms with Crippen molar-refractivity contribution >= 4 is 39.2 Å². The van der Waals surface area contributed by atoms with Crippen LogP contribution < -0.4 is 10.6 Å². The number of benzene rings is 1. The average Bonchev–Trinajstić information content (AvgIpc) is 2.71. The zero-order valence-electron chi connectivity index (χ0n) is 12.0. The lowest BCUT2D eigenvalue weighted by Gasteiger charge is -2.39. The number of halogens is 2. The van der Waals surface area contributed by atoms with Crippen molar-refractivity contribution in [2.75, 3.05) is 11.4 Å². The first-order chi connectivity index (χ1) is 9.54. The summed E-state index contributed by atoms with van der Waals surface area (Å²) in [7, 11) is 0. The Kier molecular flexibility index (Phi) is 4.97. The van der Waals surface area contributed by atoms with E-state index in [1.807, 2.05) is 18.2 Å². The Morgan fingerprint density at radius 3 is 2.55 bits per heavy atom. The van der Waals surface area contributed by atoms with Gasteiger partial charge in [0.15, 0.2) is 5.96 Å². The minimum atomic E-state index is 0.0147. The van der Waals surface area contributed by atoms with Crippen LogP contribution in [0.3, 0.4) is 0 Å². The van der Waals surface area contributed by atoms with Crippen LogP contribution in [0.25, 0.3) is 0 Å². The molecule has 1 aromatic carbocycles. The van der Waals surface area contributed by atoms with Crippen LogP contribution in [0.5, 0.6) is 0 Å². The summed E-state index contributed by atoms with van der Waals surface area (Å²) in [5.74, 6) is 0.612. The lowest BCUT2D eigenvalue weighted by molar-refractivity contribution is 0.384. The average molecular weight is 359 g/mol. The van der Waals surface area contributed by atoms with E-state index in [1.54, 1.807) is 0 Å². The van der Waals surface area contributed by atoms with Gasteiger partial charge < -0.3 is 10.6 Å². The summed E-state index contributed by atoms with van der Waals surface area (Å²) >= 11 is 9.58. The van der Waals surface area contributed by atoms with Gasteiger partial charge in [0.1, 0.15) is 0 Å². The summed E-state index contributed by atoms with van der Waals surface area (Å²) in [5, 5.41) is 0.708. The van der Waals surface area contributed by atoms with Crippen molar-refractivity contribution in [2.45, 2.75) is 45.1 Å². The Hall–Kier alpha value is -0.740. The van der Waals surface area contributed by atoms with Gasteiger partial charge in [0, 0.05) is 10.2 Å². The van der Waals surface area contributed by atoms with Gasteiger partial charge >= 0.3 is 0 Å². The molecule has 0 saturated carbocycles. The molecular formula is C15H21BrClN3. The Balaban J connectivity index is 2.42. The summed E-state index contributed by atoms with van der Waals surface area (Å²) in [5.41, 5.74) is 7.23. The third-order valence-corrected chi connectivity index (χ3v) is 5.04. The second kappa shape index (κ2) is 6.35. The number of anilines is 1. The molecule has 0 aliphatic carbocycles. The predicted molar refractivity (Wildman–Crippen MR) is 90.7 cm³/mol. The van der Waals surface area contributed by atoms with Crippen molar-refractivity contribution < 1.29 is 0 Å². The third kappa shape index (κ3) is 2.82. The molecule has 2 rings (SSSR count). The molecule has 1 aliphatic rings. The summed E-state index contributed by atoms with van der Waals surface area (Å²) in [6.45, 7) is 5.20. The summed E-state index contributed by atoms with van der Waals surface area (Å²) in [6.07, 6.45) is 4.42. The molecule has 0 saturated heterocycles. The van der Waals surface area contributed by atoms with Crippen LogP contribution in [-0.4, -0.2) is 18.0 Å². The minimum Gasteiger partial charge on any atom is -0.369 e. The van der Waals surface area contributed by atoms with Crippen molar-refractivity contribution in [1.82, 2.24) is 0 Å². The first-order valence-corrected chi connectivity index (χ1v) is 8.26. The van der Waals surface area contributed by atoms with Gasteiger partial charge in [0.2, 0.25) is 0 Å². The maximum atomic E-state index is 6.16. The maximum Gasteiger partial charge on any atom is 0.196 e. The van der Waals surface area contributed by atoms with Crippen LogP contribution in [0, 0.1) is 0 Å². The molecule has 0 fully saturated rings. The van der Waals surface area contributed by atoms with E-state index in [0.29, 0.717) is 11.0 Å². The summed E-state index contributed by atoms with van der Waals surface area (Å²) in [6, 6.07) is 5.94. The van der Waals surface area contributed by atoms with E-state index < -0.39 is 0 Å². The molecule has 0 radical (unpaired) electrons. The van der Waals surface area contributed by atoms with Gasteiger partial charge in [0.05, 0.1) is 17.1 Å². The molecular weight excluding hydrogens is 338 g/mol. The molecule has 1 aliphatic heterocycles. The van der Waals surface area contributed by atoms with Gasteiger partial charge in [-0.2, -0.15) is 0 Å². The number of aliphatic imine (C=N–C) groups is 1. The highest BCUT2D eigenvalue weighted by Crippen LogP contribution is 2.38. The van der Waals surface area contributed by atoms with Crippen LogP contribution in [0.2, 0.25) is 5.02 Å². The highest BCUT2D eigenvalue weighted by atomic mass is 79.9. The minimum absolute atomic E-state index is 0.0147. The Labute approximate surface area is 134 Å². The van der Waals surface area contributed by atoms with Crippen molar-refractivity contribution in [3.8, 4) is 0 Å². The van der Waals surface area contributed by atoms with Gasteiger partial charge in [-0.25, -0.2) is 0 Å². The molecule has 20 heavy (non-hydrogen) atoms. The molecule has 0 spiro atoms. The van der Waals surface area contributed by atoms with E-state index in [0.717, 1.165) is 42.4 Å². The third-order valence-electron chi connectivity index (χ3n) is 3.83. The van der Waals surface area contributed by atoms with E-state index in [9.17, 15) is 0 Å². The fourth-order valence-electron chi connectivity index (χ4n) is 3.08. The second-order valence-electron chi connectivity index (χ2n) is 5.33. The van der Waals surface area contributed by atoms with Gasteiger partial charge in [-0.1, -0.05) is 38.3 Å². The van der Waals surface area contributed by atoms with Crippen LogP contribution in [0.1, 0.15) is 39.5 Å². The molecule has 3 nitrogen and oxygen atoms in total. The van der Waals surface area contributed by atoms with Gasteiger partial charge in [-0.3, -0.25) is 4.99 Å². The highest BCUT2D eigenvalue weighted by Gasteiger charge is 2.41. The van der Waals surface area contributed by atoms with E-state index in [1.165, 1.54) is 0 Å². The maximum absolute atomic E-state index is 6.16. The fraction of sp³-hybridized carbons (Fsp3) is 0.533. The molecule has 5 heteroatoms. The Morgan fingerprint density at radius 1 is 1.35 bits per heavy atom. The van der Waals surface area contributed by atoms with Gasteiger partial charge in [0.25, 0.3) is 0 Å². The quantitative estimate of drug-likeness (QED) is 0.837. The lowest BCUT2D eigenvalue weighted by Crippen LogP contribution is -2.52. The van der Waals surface area contributed by atoms with Gasteiger partial charge in [-0.05, 0) is 47.0 Å². The van der Waals surface area contributed by atoms with Gasteiger partial charge in [-0.15, -0.1) is 0 Å². The molecule has 0 bridgehead atoms. The lowest BCUT2D eigenvalue weighted by atomic mass is 9.87. The topological polar surface area (TPSA) is 41.6 Å². The predicted octanol–water partition coefficient (Wildman–Crippen LogP) is 4.58. The highest BCUT2D eigenvalue weighted by molar-refractivity contribution is 9.10. The molecule has 110 valence electrons. The second-order valence-corrected chi connectivity index (χ2v) is 6.59. The van der Waals surface area contributed by atoms with Crippen molar-refractivity contribution in [1.29, 1.82) is 0 Å². The molecule has 2 N–H and O–H groups in total. The fourth-order valence-corrected chi connectivity index (χ4v) is 3.56. The number of rotatable bonds is 5. The van der Waals surface area contributed by atoms with Crippen LogP contribution >= 0.6 is 27.5 Å². The molecule has 0 amide bonds. The molecule has 0 aromatic heterocycles. The number of nitrogens with zero attached hydrogens (tertiary/aromatic N) is 2. The molecule has 1 aromatic rings. The zero-order chi connectivity index (χ0) is 14.8. The van der Waals surface area contributed by atoms with Crippen LogP contribution in [-0.2, 0) is 0 Å². The largest absolute Gasteiger partial charge is 0.369 e. The number of hydrogen-bond acceptors (Lipinski definition) is 3. The smallest absolute Gasteiger partial charge is 0.196 e. The first-order valence-electron chi connectivity index (χ1n) is 7.09. The van der Waals surface area contributed by atoms with E-state index in [-0.39, 0.29) is 5.54 Å². The Bertz CT molecular complexity index is 510. The number of hydrogen-bond donors (Lipinski definition) is 1. The molecule has 0 unspecified atom stereocenters. The standard InChI is InChI=1S/C15H21BrClN3/c1-3-7-15(8-4-2)10-19-14(18)20(15)11-5-6-13(17)12(16)9-11/h5-6,9H,3-4,7-8,10H2,1-2H3,(H2,18,19). The van der Waals surface area contributed by atoms with Crippen LogP contribution in [0.4, 0.5) is 5.69 Å². The zero-order valence-corrected chi connectivity index (χ0v) is 14.3. The van der Waals surface area contributed by atoms with E-state index in [2.05, 4.69) is 39.7 Å². The monoisotopic (exact) mass is 357 g/mol. The first kappa shape index (κ1) is 15.6. The normalized spacial score (nSPS) is 17.4. The van der Waals surface area contributed by atoms with Crippen molar-refractivity contribution in [2.24, 2.45) is 10.7 Å². The molecule has 1 heterocycles. The van der Waals surface area contributed by atoms with E-state index >= 15 is 0 Å². The summed E-state index contributed by atoms with van der Waals surface area (Å²) < 4.78 is 0.887. The van der Waals surface area contributed by atoms with Crippen molar-refractivity contribution in [3.63, 3.8) is 0 Å². The number of nitrogens with two attached hydrogens (primary N) is 1. The SMILES string of the molecule is CCCC1(CCC)CN=C(N)N1c1ccc(Cl)c(Br)c1. The number of guanidine groups is 1.